The first-order chi connectivity index (χ1) is 10.3. The summed E-state index contributed by atoms with van der Waals surface area (Å²) in [5.74, 6) is 2.21. The van der Waals surface area contributed by atoms with Crippen LogP contribution in [0.3, 0.4) is 0 Å². The van der Waals surface area contributed by atoms with Gasteiger partial charge in [0.15, 0.2) is 11.6 Å². The van der Waals surface area contributed by atoms with Crippen LogP contribution in [0.1, 0.15) is 43.0 Å². The minimum absolute atomic E-state index is 0.605. The third-order valence-corrected chi connectivity index (χ3v) is 3.71. The average Bonchev–Trinajstić information content (AvgIpc) is 2.53. The molecule has 1 aliphatic carbocycles. The summed E-state index contributed by atoms with van der Waals surface area (Å²) in [6, 6.07) is 0. The number of anilines is 1. The molecule has 1 aliphatic rings. The molecule has 0 atom stereocenters. The van der Waals surface area contributed by atoms with Crippen molar-refractivity contribution in [2.45, 2.75) is 46.0 Å². The van der Waals surface area contributed by atoms with Crippen LogP contribution in [0.5, 0.6) is 0 Å². The third-order valence-electron chi connectivity index (χ3n) is 3.71. The van der Waals surface area contributed by atoms with Crippen molar-refractivity contribution in [3.63, 3.8) is 0 Å². The van der Waals surface area contributed by atoms with Gasteiger partial charge < -0.3 is 5.32 Å². The minimum Gasteiger partial charge on any atom is -0.370 e. The zero-order chi connectivity index (χ0) is 14.7. The highest BCUT2D eigenvalue weighted by atomic mass is 15.1. The van der Waals surface area contributed by atoms with Crippen LogP contribution in [0.4, 0.5) is 5.82 Å². The van der Waals surface area contributed by atoms with Crippen LogP contribution in [-0.4, -0.2) is 26.5 Å². The number of fused-ring (bicyclic) bond motifs is 1. The quantitative estimate of drug-likeness (QED) is 0.934. The van der Waals surface area contributed by atoms with Gasteiger partial charge in [-0.2, -0.15) is 0 Å². The van der Waals surface area contributed by atoms with Gasteiger partial charge in [-0.1, -0.05) is 6.92 Å². The Morgan fingerprint density at radius 3 is 2.57 bits per heavy atom. The van der Waals surface area contributed by atoms with Gasteiger partial charge in [0.2, 0.25) is 0 Å². The molecular weight excluding hydrogens is 262 g/mol. The van der Waals surface area contributed by atoms with Gasteiger partial charge in [0.25, 0.3) is 0 Å². The number of aryl methyl sites for hydroxylation is 2. The maximum absolute atomic E-state index is 4.71. The number of nitrogens with one attached hydrogen (secondary N) is 1. The minimum atomic E-state index is 0.605. The first kappa shape index (κ1) is 13.9. The van der Waals surface area contributed by atoms with E-state index in [1.165, 1.54) is 18.4 Å². The van der Waals surface area contributed by atoms with Crippen LogP contribution in [0, 0.1) is 6.92 Å². The van der Waals surface area contributed by atoms with E-state index in [4.69, 9.17) is 4.98 Å². The van der Waals surface area contributed by atoms with E-state index >= 15 is 0 Å². The number of rotatable bonds is 4. The van der Waals surface area contributed by atoms with Crippen molar-refractivity contribution < 1.29 is 0 Å². The van der Waals surface area contributed by atoms with E-state index in [1.54, 1.807) is 0 Å². The zero-order valence-corrected chi connectivity index (χ0v) is 12.7. The molecule has 0 spiro atoms. The standard InChI is InChI=1S/C16H21N5/c1-3-8-17-14-12-6-4-5-7-13(12)20-16(21-14)15-18-9-11(2)10-19-15/h9-10H,3-8H2,1-2H3,(H,17,20,21). The van der Waals surface area contributed by atoms with Crippen molar-refractivity contribution in [1.29, 1.82) is 0 Å². The lowest BCUT2D eigenvalue weighted by Gasteiger charge is -2.19. The van der Waals surface area contributed by atoms with Crippen molar-refractivity contribution in [3.8, 4) is 11.6 Å². The van der Waals surface area contributed by atoms with Gasteiger partial charge in [0, 0.05) is 30.2 Å². The second-order valence-electron chi connectivity index (χ2n) is 5.54. The molecule has 110 valence electrons. The third kappa shape index (κ3) is 3.01. The Labute approximate surface area is 125 Å². The number of nitrogens with zero attached hydrogens (tertiary/aromatic N) is 4. The van der Waals surface area contributed by atoms with Gasteiger partial charge in [-0.25, -0.2) is 19.9 Å². The van der Waals surface area contributed by atoms with Crippen LogP contribution in [0.25, 0.3) is 11.6 Å². The summed E-state index contributed by atoms with van der Waals surface area (Å²) in [6.07, 6.45) is 9.21. The fraction of sp³-hybridized carbons (Fsp3) is 0.500. The van der Waals surface area contributed by atoms with Gasteiger partial charge in [-0.05, 0) is 44.6 Å². The van der Waals surface area contributed by atoms with E-state index < -0.39 is 0 Å². The molecule has 0 aromatic carbocycles. The Kier molecular flexibility index (Phi) is 4.08. The fourth-order valence-corrected chi connectivity index (χ4v) is 2.59. The van der Waals surface area contributed by atoms with Gasteiger partial charge in [-0.15, -0.1) is 0 Å². The molecule has 5 heteroatoms. The number of hydrogen-bond donors (Lipinski definition) is 1. The smallest absolute Gasteiger partial charge is 0.199 e. The molecule has 2 heterocycles. The Balaban J connectivity index is 2.02. The molecule has 0 unspecified atom stereocenters. The van der Waals surface area contributed by atoms with Crippen LogP contribution in [0.2, 0.25) is 0 Å². The highest BCUT2D eigenvalue weighted by Crippen LogP contribution is 2.27. The predicted molar refractivity (Wildman–Crippen MR) is 83.2 cm³/mol. The van der Waals surface area contributed by atoms with Crippen LogP contribution < -0.4 is 5.32 Å². The zero-order valence-electron chi connectivity index (χ0n) is 12.7. The van der Waals surface area contributed by atoms with Crippen LogP contribution >= 0.6 is 0 Å². The summed E-state index contributed by atoms with van der Waals surface area (Å²) >= 11 is 0. The molecule has 3 rings (SSSR count). The van der Waals surface area contributed by atoms with Crippen molar-refractivity contribution in [1.82, 2.24) is 19.9 Å². The summed E-state index contributed by atoms with van der Waals surface area (Å²) in [4.78, 5) is 18.1. The second kappa shape index (κ2) is 6.16. The maximum Gasteiger partial charge on any atom is 0.199 e. The molecule has 0 fully saturated rings. The molecule has 0 radical (unpaired) electrons. The van der Waals surface area contributed by atoms with Gasteiger partial charge in [-0.3, -0.25) is 0 Å². The highest BCUT2D eigenvalue weighted by Gasteiger charge is 2.19. The molecule has 0 amide bonds. The molecule has 0 bridgehead atoms. The first-order valence-corrected chi connectivity index (χ1v) is 7.70. The van der Waals surface area contributed by atoms with E-state index in [9.17, 15) is 0 Å². The van der Waals surface area contributed by atoms with Crippen molar-refractivity contribution in [2.75, 3.05) is 11.9 Å². The maximum atomic E-state index is 4.71. The monoisotopic (exact) mass is 283 g/mol. The molecule has 0 aliphatic heterocycles. The lowest BCUT2D eigenvalue weighted by molar-refractivity contribution is 0.663. The summed E-state index contributed by atoms with van der Waals surface area (Å²) in [5.41, 5.74) is 3.49. The summed E-state index contributed by atoms with van der Waals surface area (Å²) in [5, 5.41) is 3.44. The summed E-state index contributed by atoms with van der Waals surface area (Å²) < 4.78 is 0. The Hall–Kier alpha value is -2.04. The summed E-state index contributed by atoms with van der Waals surface area (Å²) in [7, 11) is 0. The van der Waals surface area contributed by atoms with Gasteiger partial charge in [0.05, 0.1) is 0 Å². The van der Waals surface area contributed by atoms with E-state index in [2.05, 4.69) is 27.2 Å². The number of hydrogen-bond acceptors (Lipinski definition) is 5. The van der Waals surface area contributed by atoms with Crippen molar-refractivity contribution in [3.05, 3.63) is 29.2 Å². The molecule has 0 saturated carbocycles. The molecule has 2 aromatic rings. The molecule has 0 saturated heterocycles. The molecule has 5 nitrogen and oxygen atoms in total. The van der Waals surface area contributed by atoms with E-state index in [1.807, 2.05) is 19.3 Å². The van der Waals surface area contributed by atoms with E-state index in [0.717, 1.165) is 42.9 Å². The average molecular weight is 283 g/mol. The first-order valence-electron chi connectivity index (χ1n) is 7.70. The fourth-order valence-electron chi connectivity index (χ4n) is 2.59. The molecular formula is C16H21N5. The lowest BCUT2D eigenvalue weighted by Crippen LogP contribution is -2.14. The second-order valence-corrected chi connectivity index (χ2v) is 5.54. The lowest BCUT2D eigenvalue weighted by atomic mass is 9.96. The summed E-state index contributed by atoms with van der Waals surface area (Å²) in [6.45, 7) is 5.06. The molecule has 21 heavy (non-hydrogen) atoms. The predicted octanol–water partition coefficient (Wildman–Crippen LogP) is 2.94. The largest absolute Gasteiger partial charge is 0.370 e. The van der Waals surface area contributed by atoms with Crippen LogP contribution in [-0.2, 0) is 12.8 Å². The Bertz CT molecular complexity index is 621. The van der Waals surface area contributed by atoms with Crippen molar-refractivity contribution >= 4 is 5.82 Å². The van der Waals surface area contributed by atoms with Crippen LogP contribution in [0.15, 0.2) is 12.4 Å². The Morgan fingerprint density at radius 1 is 1.05 bits per heavy atom. The normalized spacial score (nSPS) is 13.8. The number of aromatic nitrogens is 4. The van der Waals surface area contributed by atoms with Gasteiger partial charge in [0.1, 0.15) is 5.82 Å². The van der Waals surface area contributed by atoms with Gasteiger partial charge >= 0.3 is 0 Å². The topological polar surface area (TPSA) is 63.6 Å². The molecule has 1 N–H and O–H groups in total. The Morgan fingerprint density at radius 2 is 1.81 bits per heavy atom. The SMILES string of the molecule is CCCNc1nc(-c2ncc(C)cn2)nc2c1CCCC2. The van der Waals surface area contributed by atoms with E-state index in [0.29, 0.717) is 11.6 Å². The molecule has 2 aromatic heterocycles. The highest BCUT2D eigenvalue weighted by molar-refractivity contribution is 5.55. The van der Waals surface area contributed by atoms with Crippen molar-refractivity contribution in [2.24, 2.45) is 0 Å². The van der Waals surface area contributed by atoms with E-state index in [-0.39, 0.29) is 0 Å².